The summed E-state index contributed by atoms with van der Waals surface area (Å²) in [7, 11) is 0. The number of nitrogens with zero attached hydrogens (tertiary/aromatic N) is 4. The van der Waals surface area contributed by atoms with Crippen molar-refractivity contribution < 1.29 is 9.59 Å². The predicted molar refractivity (Wildman–Crippen MR) is 117 cm³/mol. The van der Waals surface area contributed by atoms with E-state index in [1.165, 1.54) is 0 Å². The van der Waals surface area contributed by atoms with Gasteiger partial charge in [0.05, 0.1) is 0 Å². The number of benzene rings is 1. The molecule has 2 aromatic heterocycles. The number of aromatic nitrogens is 2. The van der Waals surface area contributed by atoms with E-state index in [9.17, 15) is 9.59 Å². The Hall–Kier alpha value is -3.20. The Kier molecular flexibility index (Phi) is 4.96. The van der Waals surface area contributed by atoms with Gasteiger partial charge in [-0.15, -0.1) is 0 Å². The summed E-state index contributed by atoms with van der Waals surface area (Å²) < 4.78 is 0. The van der Waals surface area contributed by atoms with Crippen molar-refractivity contribution in [2.75, 3.05) is 36.4 Å². The zero-order chi connectivity index (χ0) is 20.5. The first kappa shape index (κ1) is 18.8. The zero-order valence-electron chi connectivity index (χ0n) is 16.4. The van der Waals surface area contributed by atoms with Crippen molar-refractivity contribution in [3.63, 3.8) is 0 Å². The van der Waals surface area contributed by atoms with Crippen LogP contribution in [0.1, 0.15) is 23.2 Å². The first-order valence-electron chi connectivity index (χ1n) is 10.1. The molecule has 3 heterocycles. The average Bonchev–Trinajstić information content (AvgIpc) is 3.47. The number of carbonyl (C=O) groups is 2. The Bertz CT molecular complexity index is 1050. The van der Waals surface area contributed by atoms with Crippen molar-refractivity contribution in [1.82, 2.24) is 20.2 Å². The van der Waals surface area contributed by atoms with Gasteiger partial charge in [0.1, 0.15) is 10.3 Å². The van der Waals surface area contributed by atoms with Gasteiger partial charge < -0.3 is 20.4 Å². The Labute approximate surface area is 177 Å². The molecule has 1 aromatic carbocycles. The fourth-order valence-electron chi connectivity index (χ4n) is 3.49. The summed E-state index contributed by atoms with van der Waals surface area (Å²) in [5.74, 6) is -0.0214. The molecule has 1 saturated carbocycles. The Morgan fingerprint density at radius 1 is 1.07 bits per heavy atom. The van der Waals surface area contributed by atoms with Gasteiger partial charge in [0.2, 0.25) is 0 Å². The van der Waals surface area contributed by atoms with Crippen LogP contribution in [0.15, 0.2) is 42.6 Å². The maximum atomic E-state index is 13.0. The van der Waals surface area contributed by atoms with Gasteiger partial charge in [-0.1, -0.05) is 17.4 Å². The molecule has 0 spiro atoms. The Balaban J connectivity index is 1.21. The topological polar surface area (TPSA) is 90.5 Å². The normalized spacial score (nSPS) is 16.5. The molecule has 0 atom stereocenters. The SMILES string of the molecule is O=C(Nc1cccc(C(=O)N2CCN(c3nc4cccnc4s3)CC2)c1)NC1CC1. The van der Waals surface area contributed by atoms with Crippen LogP contribution < -0.4 is 15.5 Å². The minimum Gasteiger partial charge on any atom is -0.344 e. The fourth-order valence-corrected chi connectivity index (χ4v) is 4.45. The lowest BCUT2D eigenvalue weighted by atomic mass is 10.1. The molecule has 5 rings (SSSR count). The predicted octanol–water partition coefficient (Wildman–Crippen LogP) is 2.94. The number of rotatable bonds is 4. The monoisotopic (exact) mass is 422 g/mol. The van der Waals surface area contributed by atoms with Gasteiger partial charge >= 0.3 is 6.03 Å². The fraction of sp³-hybridized carbons (Fsp3) is 0.333. The Morgan fingerprint density at radius 2 is 1.90 bits per heavy atom. The Morgan fingerprint density at radius 3 is 2.67 bits per heavy atom. The van der Waals surface area contributed by atoms with Crippen LogP contribution in [0.2, 0.25) is 0 Å². The molecule has 1 aliphatic carbocycles. The van der Waals surface area contributed by atoms with E-state index in [1.54, 1.807) is 41.8 Å². The number of anilines is 2. The number of amides is 3. The highest BCUT2D eigenvalue weighted by molar-refractivity contribution is 7.21. The van der Waals surface area contributed by atoms with Crippen molar-refractivity contribution in [2.24, 2.45) is 0 Å². The molecule has 1 aliphatic heterocycles. The zero-order valence-corrected chi connectivity index (χ0v) is 17.2. The van der Waals surface area contributed by atoms with E-state index in [4.69, 9.17) is 0 Å². The molecular formula is C21H22N6O2S. The number of hydrogen-bond acceptors (Lipinski definition) is 6. The number of thiazole rings is 1. The molecule has 0 unspecified atom stereocenters. The molecule has 0 bridgehead atoms. The third-order valence-electron chi connectivity index (χ3n) is 5.27. The number of fused-ring (bicyclic) bond motifs is 1. The van der Waals surface area contributed by atoms with E-state index in [1.807, 2.05) is 17.0 Å². The van der Waals surface area contributed by atoms with E-state index < -0.39 is 0 Å². The van der Waals surface area contributed by atoms with Crippen LogP contribution in [0.4, 0.5) is 15.6 Å². The molecule has 3 aromatic rings. The van der Waals surface area contributed by atoms with E-state index in [0.717, 1.165) is 41.4 Å². The van der Waals surface area contributed by atoms with E-state index in [-0.39, 0.29) is 18.0 Å². The van der Waals surface area contributed by atoms with Gasteiger partial charge in [0.15, 0.2) is 5.13 Å². The summed E-state index contributed by atoms with van der Waals surface area (Å²) in [6, 6.07) is 11.0. The van der Waals surface area contributed by atoms with Gasteiger partial charge in [-0.2, -0.15) is 0 Å². The summed E-state index contributed by atoms with van der Waals surface area (Å²) in [4.78, 5) is 38.9. The van der Waals surface area contributed by atoms with Gasteiger partial charge in [-0.05, 0) is 43.2 Å². The molecule has 3 amide bonds. The second-order valence-corrected chi connectivity index (χ2v) is 8.51. The molecule has 0 radical (unpaired) electrons. The smallest absolute Gasteiger partial charge is 0.319 e. The molecule has 9 heteroatoms. The standard InChI is InChI=1S/C21H22N6O2S/c28-19(14-3-1-4-16(13-14)24-20(29)23-15-6-7-15)26-9-11-27(12-10-26)21-25-17-5-2-8-22-18(17)30-21/h1-5,8,13,15H,6-7,9-12H2,(H2,23,24,29). The largest absolute Gasteiger partial charge is 0.344 e. The lowest BCUT2D eigenvalue weighted by molar-refractivity contribution is 0.0747. The summed E-state index contributed by atoms with van der Waals surface area (Å²) >= 11 is 1.58. The minimum atomic E-state index is -0.221. The van der Waals surface area contributed by atoms with Gasteiger partial charge in [0, 0.05) is 49.7 Å². The third kappa shape index (κ3) is 4.06. The minimum absolute atomic E-state index is 0.0214. The van der Waals surface area contributed by atoms with Crippen molar-refractivity contribution in [3.05, 3.63) is 48.2 Å². The summed E-state index contributed by atoms with van der Waals surface area (Å²) in [5, 5.41) is 6.64. The van der Waals surface area contributed by atoms with Gasteiger partial charge in [0.25, 0.3) is 5.91 Å². The second-order valence-electron chi connectivity index (χ2n) is 7.56. The average molecular weight is 423 g/mol. The van der Waals surface area contributed by atoms with Crippen LogP contribution in [0.5, 0.6) is 0 Å². The number of piperazine rings is 1. The highest BCUT2D eigenvalue weighted by Gasteiger charge is 2.25. The molecule has 2 fully saturated rings. The number of pyridine rings is 1. The van der Waals surface area contributed by atoms with Gasteiger partial charge in [-0.25, -0.2) is 14.8 Å². The van der Waals surface area contributed by atoms with Crippen LogP contribution in [-0.2, 0) is 0 Å². The van der Waals surface area contributed by atoms with Gasteiger partial charge in [-0.3, -0.25) is 4.79 Å². The van der Waals surface area contributed by atoms with Crippen LogP contribution in [0.25, 0.3) is 10.3 Å². The molecule has 2 N–H and O–H groups in total. The van der Waals surface area contributed by atoms with E-state index >= 15 is 0 Å². The summed E-state index contributed by atoms with van der Waals surface area (Å²) in [5.41, 5.74) is 2.11. The van der Waals surface area contributed by atoms with Crippen molar-refractivity contribution in [1.29, 1.82) is 0 Å². The molecule has 2 aliphatic rings. The highest BCUT2D eigenvalue weighted by atomic mass is 32.1. The maximum Gasteiger partial charge on any atom is 0.319 e. The maximum absolute atomic E-state index is 13.0. The molecule has 1 saturated heterocycles. The lowest BCUT2D eigenvalue weighted by Gasteiger charge is -2.34. The second kappa shape index (κ2) is 7.91. The van der Waals surface area contributed by atoms with E-state index in [0.29, 0.717) is 24.3 Å². The first-order chi connectivity index (χ1) is 14.7. The van der Waals surface area contributed by atoms with Crippen LogP contribution in [-0.4, -0.2) is 59.0 Å². The number of nitrogens with one attached hydrogen (secondary N) is 2. The van der Waals surface area contributed by atoms with Crippen molar-refractivity contribution >= 4 is 44.4 Å². The lowest BCUT2D eigenvalue weighted by Crippen LogP contribution is -2.48. The number of hydrogen-bond donors (Lipinski definition) is 2. The van der Waals surface area contributed by atoms with Crippen LogP contribution in [0.3, 0.4) is 0 Å². The number of carbonyl (C=O) groups excluding carboxylic acids is 2. The molecule has 30 heavy (non-hydrogen) atoms. The van der Waals surface area contributed by atoms with E-state index in [2.05, 4.69) is 25.5 Å². The quantitative estimate of drug-likeness (QED) is 0.675. The van der Waals surface area contributed by atoms with Crippen LogP contribution in [0, 0.1) is 0 Å². The summed E-state index contributed by atoms with van der Waals surface area (Å²) in [6.45, 7) is 2.71. The summed E-state index contributed by atoms with van der Waals surface area (Å²) in [6.07, 6.45) is 3.84. The molecular weight excluding hydrogens is 400 g/mol. The highest BCUT2D eigenvalue weighted by Crippen LogP contribution is 2.28. The molecule has 154 valence electrons. The first-order valence-corrected chi connectivity index (χ1v) is 10.9. The molecule has 8 nitrogen and oxygen atoms in total. The number of urea groups is 1. The van der Waals surface area contributed by atoms with Crippen LogP contribution >= 0.6 is 11.3 Å². The van der Waals surface area contributed by atoms with Crippen molar-refractivity contribution in [2.45, 2.75) is 18.9 Å². The van der Waals surface area contributed by atoms with Crippen molar-refractivity contribution in [3.8, 4) is 0 Å². The third-order valence-corrected chi connectivity index (χ3v) is 6.31.